The summed E-state index contributed by atoms with van der Waals surface area (Å²) in [4.78, 5) is 25.4. The highest BCUT2D eigenvalue weighted by atomic mass is 16.2. The first-order chi connectivity index (χ1) is 9.60. The second-order valence-corrected chi connectivity index (χ2v) is 5.34. The van der Waals surface area contributed by atoms with Crippen LogP contribution in [0.25, 0.3) is 0 Å². The van der Waals surface area contributed by atoms with Gasteiger partial charge in [0.1, 0.15) is 0 Å². The van der Waals surface area contributed by atoms with Crippen LogP contribution in [0.3, 0.4) is 0 Å². The molecule has 1 N–H and O–H groups in total. The van der Waals surface area contributed by atoms with Gasteiger partial charge in [-0.2, -0.15) is 0 Å². The number of hydrogen-bond donors (Lipinski definition) is 1. The Bertz CT molecular complexity index is 482. The van der Waals surface area contributed by atoms with E-state index in [1.54, 1.807) is 11.8 Å². The van der Waals surface area contributed by atoms with E-state index in [1.165, 1.54) is 5.56 Å². The van der Waals surface area contributed by atoms with Crippen LogP contribution in [0.4, 0.5) is 5.69 Å². The maximum Gasteiger partial charge on any atom is 0.229 e. The molecule has 0 bridgehead atoms. The second kappa shape index (κ2) is 6.55. The van der Waals surface area contributed by atoms with E-state index in [9.17, 15) is 9.59 Å². The van der Waals surface area contributed by atoms with Crippen molar-refractivity contribution >= 4 is 17.5 Å². The normalized spacial score (nSPS) is 18.7. The third-order valence-corrected chi connectivity index (χ3v) is 3.87. The Morgan fingerprint density at radius 2 is 2.00 bits per heavy atom. The molecule has 1 aliphatic heterocycles. The third-order valence-electron chi connectivity index (χ3n) is 3.87. The first-order valence-electron chi connectivity index (χ1n) is 7.25. The molecule has 20 heavy (non-hydrogen) atoms. The third kappa shape index (κ3) is 3.59. The Kier molecular flexibility index (Phi) is 4.77. The standard InChI is InChI=1S/C16H22N2O2/c1-3-13-6-8-15(9-7-13)17-16(20)14-5-4-10-18(11-14)12(2)19/h6-9,14H,3-5,10-11H2,1-2H3,(H,17,20)/t14-/m1/s1. The zero-order valence-electron chi connectivity index (χ0n) is 12.2. The molecule has 108 valence electrons. The Labute approximate surface area is 120 Å². The quantitative estimate of drug-likeness (QED) is 0.920. The molecule has 2 amide bonds. The summed E-state index contributed by atoms with van der Waals surface area (Å²) in [6, 6.07) is 7.92. The maximum absolute atomic E-state index is 12.2. The van der Waals surface area contributed by atoms with Gasteiger partial charge in [0.05, 0.1) is 5.92 Å². The molecule has 0 spiro atoms. The fourth-order valence-electron chi connectivity index (χ4n) is 2.55. The van der Waals surface area contributed by atoms with E-state index >= 15 is 0 Å². The van der Waals surface area contributed by atoms with Gasteiger partial charge in [-0.15, -0.1) is 0 Å². The maximum atomic E-state index is 12.2. The molecule has 1 aromatic rings. The van der Waals surface area contributed by atoms with Crippen molar-refractivity contribution in [3.8, 4) is 0 Å². The van der Waals surface area contributed by atoms with Crippen LogP contribution in [0.2, 0.25) is 0 Å². The summed E-state index contributed by atoms with van der Waals surface area (Å²) in [5, 5.41) is 2.95. The fourth-order valence-corrected chi connectivity index (χ4v) is 2.55. The topological polar surface area (TPSA) is 49.4 Å². The molecule has 1 fully saturated rings. The van der Waals surface area contributed by atoms with Crippen molar-refractivity contribution in [3.63, 3.8) is 0 Å². The van der Waals surface area contributed by atoms with E-state index in [0.717, 1.165) is 31.5 Å². The molecule has 1 aromatic carbocycles. The van der Waals surface area contributed by atoms with Gasteiger partial charge in [-0.3, -0.25) is 9.59 Å². The van der Waals surface area contributed by atoms with Crippen molar-refractivity contribution in [2.24, 2.45) is 5.92 Å². The van der Waals surface area contributed by atoms with Gasteiger partial charge in [-0.25, -0.2) is 0 Å². The highest BCUT2D eigenvalue weighted by Gasteiger charge is 2.26. The van der Waals surface area contributed by atoms with E-state index in [4.69, 9.17) is 0 Å². The van der Waals surface area contributed by atoms with Gasteiger partial charge in [0.25, 0.3) is 0 Å². The minimum absolute atomic E-state index is 0.0141. The van der Waals surface area contributed by atoms with E-state index in [-0.39, 0.29) is 17.7 Å². The second-order valence-electron chi connectivity index (χ2n) is 5.34. The number of rotatable bonds is 3. The number of carbonyl (C=O) groups excluding carboxylic acids is 2. The van der Waals surface area contributed by atoms with Gasteiger partial charge in [0.2, 0.25) is 11.8 Å². The molecule has 1 heterocycles. The lowest BCUT2D eigenvalue weighted by Crippen LogP contribution is -2.42. The van der Waals surface area contributed by atoms with Crippen molar-refractivity contribution in [2.45, 2.75) is 33.1 Å². The fraction of sp³-hybridized carbons (Fsp3) is 0.500. The summed E-state index contributed by atoms with van der Waals surface area (Å²) >= 11 is 0. The van der Waals surface area contributed by atoms with Gasteiger partial charge in [0.15, 0.2) is 0 Å². The Morgan fingerprint density at radius 1 is 1.30 bits per heavy atom. The summed E-state index contributed by atoms with van der Waals surface area (Å²) in [6.07, 6.45) is 2.74. The smallest absolute Gasteiger partial charge is 0.229 e. The molecule has 0 aromatic heterocycles. The van der Waals surface area contributed by atoms with Gasteiger partial charge in [0, 0.05) is 25.7 Å². The highest BCUT2D eigenvalue weighted by Crippen LogP contribution is 2.19. The number of carbonyl (C=O) groups is 2. The monoisotopic (exact) mass is 274 g/mol. The zero-order valence-corrected chi connectivity index (χ0v) is 12.2. The van der Waals surface area contributed by atoms with E-state index in [1.807, 2.05) is 24.3 Å². The van der Waals surface area contributed by atoms with Crippen LogP contribution < -0.4 is 5.32 Å². The SMILES string of the molecule is CCc1ccc(NC(=O)[C@@H]2CCCN(C(C)=O)C2)cc1. The average Bonchev–Trinajstić information content (AvgIpc) is 2.48. The lowest BCUT2D eigenvalue weighted by molar-refractivity contribution is -0.132. The molecule has 1 atom stereocenters. The largest absolute Gasteiger partial charge is 0.342 e. The zero-order chi connectivity index (χ0) is 14.5. The Balaban J connectivity index is 1.95. The first kappa shape index (κ1) is 14.6. The number of piperidine rings is 1. The van der Waals surface area contributed by atoms with Crippen LogP contribution in [0.5, 0.6) is 0 Å². The molecule has 1 aliphatic rings. The van der Waals surface area contributed by atoms with Crippen LogP contribution in [-0.4, -0.2) is 29.8 Å². The van der Waals surface area contributed by atoms with Crippen molar-refractivity contribution in [1.82, 2.24) is 4.90 Å². The van der Waals surface area contributed by atoms with Crippen molar-refractivity contribution < 1.29 is 9.59 Å². The van der Waals surface area contributed by atoms with Crippen LogP contribution in [0, 0.1) is 5.92 Å². The average molecular weight is 274 g/mol. The van der Waals surface area contributed by atoms with Gasteiger partial charge in [-0.1, -0.05) is 19.1 Å². The van der Waals surface area contributed by atoms with Gasteiger partial charge in [-0.05, 0) is 37.0 Å². The Morgan fingerprint density at radius 3 is 2.60 bits per heavy atom. The number of amides is 2. The minimum Gasteiger partial charge on any atom is -0.342 e. The van der Waals surface area contributed by atoms with E-state index < -0.39 is 0 Å². The summed E-state index contributed by atoms with van der Waals surface area (Å²) in [5.74, 6) is -0.0338. The summed E-state index contributed by atoms with van der Waals surface area (Å²) in [7, 11) is 0. The molecule has 0 saturated carbocycles. The van der Waals surface area contributed by atoms with Crippen LogP contribution in [0.15, 0.2) is 24.3 Å². The van der Waals surface area contributed by atoms with Gasteiger partial charge >= 0.3 is 0 Å². The molecule has 4 nitrogen and oxygen atoms in total. The molecule has 4 heteroatoms. The summed E-state index contributed by atoms with van der Waals surface area (Å²) < 4.78 is 0. The number of nitrogens with one attached hydrogen (secondary N) is 1. The predicted octanol–water partition coefficient (Wildman–Crippen LogP) is 2.45. The predicted molar refractivity (Wildman–Crippen MR) is 79.4 cm³/mol. The number of anilines is 1. The molecule has 0 aliphatic carbocycles. The number of aryl methyl sites for hydroxylation is 1. The van der Waals surface area contributed by atoms with E-state index in [0.29, 0.717) is 6.54 Å². The van der Waals surface area contributed by atoms with Gasteiger partial charge < -0.3 is 10.2 Å². The molecule has 1 saturated heterocycles. The van der Waals surface area contributed by atoms with Crippen molar-refractivity contribution in [3.05, 3.63) is 29.8 Å². The molecular formula is C16H22N2O2. The van der Waals surface area contributed by atoms with E-state index in [2.05, 4.69) is 12.2 Å². The molecule has 2 rings (SSSR count). The molecular weight excluding hydrogens is 252 g/mol. The number of nitrogens with zero attached hydrogens (tertiary/aromatic N) is 1. The highest BCUT2D eigenvalue weighted by molar-refractivity contribution is 5.93. The van der Waals surface area contributed by atoms with Crippen molar-refractivity contribution in [2.75, 3.05) is 18.4 Å². The lowest BCUT2D eigenvalue weighted by Gasteiger charge is -2.31. The molecule has 0 radical (unpaired) electrons. The van der Waals surface area contributed by atoms with Crippen LogP contribution in [-0.2, 0) is 16.0 Å². The lowest BCUT2D eigenvalue weighted by atomic mass is 9.97. The van der Waals surface area contributed by atoms with Crippen LogP contribution in [0.1, 0.15) is 32.3 Å². The summed E-state index contributed by atoms with van der Waals surface area (Å²) in [5.41, 5.74) is 2.08. The number of benzene rings is 1. The summed E-state index contributed by atoms with van der Waals surface area (Å²) in [6.45, 7) is 4.97. The number of likely N-dealkylation sites (tertiary alicyclic amines) is 1. The Hall–Kier alpha value is -1.84. The number of hydrogen-bond acceptors (Lipinski definition) is 2. The first-order valence-corrected chi connectivity index (χ1v) is 7.25. The molecule has 0 unspecified atom stereocenters. The van der Waals surface area contributed by atoms with Crippen LogP contribution >= 0.6 is 0 Å². The minimum atomic E-state index is -0.0986. The van der Waals surface area contributed by atoms with Crippen molar-refractivity contribution in [1.29, 1.82) is 0 Å².